The quantitative estimate of drug-likeness (QED) is 0.557. The van der Waals surface area contributed by atoms with Crippen LogP contribution in [0.4, 0.5) is 4.39 Å². The van der Waals surface area contributed by atoms with Crippen LogP contribution in [0.15, 0.2) is 47.8 Å². The topological polar surface area (TPSA) is 53.5 Å². The zero-order chi connectivity index (χ0) is 21.3. The molecule has 2 amide bonds. The molecule has 2 heterocycles. The highest BCUT2D eigenvalue weighted by atomic mass is 35.5. The highest BCUT2D eigenvalue weighted by Crippen LogP contribution is 2.27. The Morgan fingerprint density at radius 2 is 1.53 bits per heavy atom. The minimum absolute atomic E-state index is 0.179. The molecule has 0 aliphatic carbocycles. The maximum Gasteiger partial charge on any atom is 0.273 e. The van der Waals surface area contributed by atoms with Gasteiger partial charge in [-0.05, 0) is 30.3 Å². The van der Waals surface area contributed by atoms with E-state index in [1.54, 1.807) is 51.6 Å². The molecule has 1 aromatic heterocycles. The van der Waals surface area contributed by atoms with E-state index in [9.17, 15) is 14.0 Å². The van der Waals surface area contributed by atoms with Crippen LogP contribution >= 0.6 is 34.5 Å². The van der Waals surface area contributed by atoms with Crippen molar-refractivity contribution in [3.05, 3.63) is 75.0 Å². The standard InChI is InChI=1S/C21H16Cl2FN3O2S/c22-14-9-13(10-15(23)11-14)20(28)26-5-7-27(8-6-26)21(29)18-12-30-19(25-18)16-3-1-2-4-17(16)24/h1-4,9-12H,5-8H2. The first-order chi connectivity index (χ1) is 14.4. The minimum Gasteiger partial charge on any atom is -0.335 e. The molecule has 5 nitrogen and oxygen atoms in total. The van der Waals surface area contributed by atoms with E-state index in [0.29, 0.717) is 52.4 Å². The Morgan fingerprint density at radius 1 is 0.933 bits per heavy atom. The van der Waals surface area contributed by atoms with E-state index in [1.165, 1.54) is 17.4 Å². The second kappa shape index (κ2) is 8.71. The summed E-state index contributed by atoms with van der Waals surface area (Å²) in [6.07, 6.45) is 0. The molecular formula is C21H16Cl2FN3O2S. The Bertz CT molecular complexity index is 1090. The van der Waals surface area contributed by atoms with Gasteiger partial charge < -0.3 is 9.80 Å². The number of piperazine rings is 1. The van der Waals surface area contributed by atoms with Crippen molar-refractivity contribution in [1.82, 2.24) is 14.8 Å². The van der Waals surface area contributed by atoms with Gasteiger partial charge in [-0.3, -0.25) is 9.59 Å². The van der Waals surface area contributed by atoms with E-state index < -0.39 is 0 Å². The maximum absolute atomic E-state index is 14.0. The monoisotopic (exact) mass is 463 g/mol. The van der Waals surface area contributed by atoms with Crippen LogP contribution in [0.5, 0.6) is 0 Å². The van der Waals surface area contributed by atoms with Gasteiger partial charge in [-0.1, -0.05) is 35.3 Å². The first-order valence-corrected chi connectivity index (χ1v) is 10.8. The van der Waals surface area contributed by atoms with Gasteiger partial charge in [0, 0.05) is 52.7 Å². The van der Waals surface area contributed by atoms with Crippen LogP contribution in [0, 0.1) is 5.82 Å². The Hall–Kier alpha value is -2.48. The number of aromatic nitrogens is 1. The van der Waals surface area contributed by atoms with E-state index in [0.717, 1.165) is 0 Å². The summed E-state index contributed by atoms with van der Waals surface area (Å²) in [6, 6.07) is 11.1. The van der Waals surface area contributed by atoms with E-state index in [-0.39, 0.29) is 23.3 Å². The summed E-state index contributed by atoms with van der Waals surface area (Å²) >= 11 is 13.2. The van der Waals surface area contributed by atoms with Crippen LogP contribution in [0.25, 0.3) is 10.6 Å². The maximum atomic E-state index is 14.0. The van der Waals surface area contributed by atoms with Gasteiger partial charge in [0.2, 0.25) is 0 Å². The number of halogens is 3. The highest BCUT2D eigenvalue weighted by Gasteiger charge is 2.27. The fourth-order valence-electron chi connectivity index (χ4n) is 3.26. The number of nitrogens with zero attached hydrogens (tertiary/aromatic N) is 3. The Kier molecular flexibility index (Phi) is 6.04. The van der Waals surface area contributed by atoms with Gasteiger partial charge in [0.1, 0.15) is 16.5 Å². The van der Waals surface area contributed by atoms with Crippen LogP contribution in [-0.2, 0) is 0 Å². The molecule has 1 fully saturated rings. The average molecular weight is 464 g/mol. The molecule has 0 atom stereocenters. The molecule has 9 heteroatoms. The van der Waals surface area contributed by atoms with Gasteiger partial charge in [-0.15, -0.1) is 11.3 Å². The summed E-state index contributed by atoms with van der Waals surface area (Å²) in [7, 11) is 0. The van der Waals surface area contributed by atoms with Gasteiger partial charge in [0.05, 0.1) is 0 Å². The fraction of sp³-hybridized carbons (Fsp3) is 0.190. The lowest BCUT2D eigenvalue weighted by Crippen LogP contribution is -2.50. The third kappa shape index (κ3) is 4.33. The molecule has 4 rings (SSSR count). The molecule has 3 aromatic rings. The van der Waals surface area contributed by atoms with Gasteiger partial charge in [-0.25, -0.2) is 9.37 Å². The molecule has 1 aliphatic heterocycles. The number of carbonyl (C=O) groups is 2. The molecule has 2 aromatic carbocycles. The number of carbonyl (C=O) groups excluding carboxylic acids is 2. The van der Waals surface area contributed by atoms with Crippen molar-refractivity contribution in [3.8, 4) is 10.6 Å². The van der Waals surface area contributed by atoms with Crippen molar-refractivity contribution in [3.63, 3.8) is 0 Å². The third-order valence-corrected chi connectivity index (χ3v) is 6.10. The van der Waals surface area contributed by atoms with Crippen LogP contribution in [0.3, 0.4) is 0 Å². The largest absolute Gasteiger partial charge is 0.335 e. The van der Waals surface area contributed by atoms with Crippen molar-refractivity contribution >= 4 is 46.4 Å². The van der Waals surface area contributed by atoms with Crippen molar-refractivity contribution < 1.29 is 14.0 Å². The van der Waals surface area contributed by atoms with Crippen molar-refractivity contribution in [2.75, 3.05) is 26.2 Å². The average Bonchev–Trinajstić information content (AvgIpc) is 3.22. The minimum atomic E-state index is -0.376. The number of hydrogen-bond donors (Lipinski definition) is 0. The number of thiazole rings is 1. The van der Waals surface area contributed by atoms with Crippen LogP contribution in [0.2, 0.25) is 10.0 Å². The number of hydrogen-bond acceptors (Lipinski definition) is 4. The molecule has 154 valence electrons. The Balaban J connectivity index is 1.41. The molecule has 0 spiro atoms. The molecule has 1 aliphatic rings. The first-order valence-electron chi connectivity index (χ1n) is 9.17. The summed E-state index contributed by atoms with van der Waals surface area (Å²) in [4.78, 5) is 33.1. The lowest BCUT2D eigenvalue weighted by atomic mass is 10.1. The van der Waals surface area contributed by atoms with E-state index in [4.69, 9.17) is 23.2 Å². The molecular weight excluding hydrogens is 448 g/mol. The molecule has 0 unspecified atom stereocenters. The van der Waals surface area contributed by atoms with Gasteiger partial charge >= 0.3 is 0 Å². The molecule has 0 N–H and O–H groups in total. The Morgan fingerprint density at radius 3 is 2.17 bits per heavy atom. The molecule has 0 bridgehead atoms. The van der Waals surface area contributed by atoms with Crippen molar-refractivity contribution in [2.45, 2.75) is 0 Å². The zero-order valence-corrected chi connectivity index (χ0v) is 18.0. The number of amides is 2. The van der Waals surface area contributed by atoms with Gasteiger partial charge in [-0.2, -0.15) is 0 Å². The van der Waals surface area contributed by atoms with Crippen LogP contribution in [0.1, 0.15) is 20.8 Å². The van der Waals surface area contributed by atoms with E-state index >= 15 is 0 Å². The predicted octanol–water partition coefficient (Wildman–Crippen LogP) is 4.85. The third-order valence-electron chi connectivity index (χ3n) is 4.79. The summed E-state index contributed by atoms with van der Waals surface area (Å²) < 4.78 is 14.0. The smallest absolute Gasteiger partial charge is 0.273 e. The number of benzene rings is 2. The van der Waals surface area contributed by atoms with Crippen LogP contribution < -0.4 is 0 Å². The summed E-state index contributed by atoms with van der Waals surface area (Å²) in [5, 5.41) is 2.89. The molecule has 30 heavy (non-hydrogen) atoms. The van der Waals surface area contributed by atoms with Gasteiger partial charge in [0.15, 0.2) is 0 Å². The second-order valence-corrected chi connectivity index (χ2v) is 8.49. The SMILES string of the molecule is O=C(c1cc(Cl)cc(Cl)c1)N1CCN(C(=O)c2csc(-c3ccccc3F)n2)CC1. The van der Waals surface area contributed by atoms with Crippen molar-refractivity contribution in [2.24, 2.45) is 0 Å². The van der Waals surface area contributed by atoms with E-state index in [1.807, 2.05) is 0 Å². The molecule has 1 saturated heterocycles. The summed E-state index contributed by atoms with van der Waals surface area (Å²) in [6.45, 7) is 1.54. The molecule has 0 saturated carbocycles. The van der Waals surface area contributed by atoms with Gasteiger partial charge in [0.25, 0.3) is 11.8 Å². The summed E-state index contributed by atoms with van der Waals surface area (Å²) in [5.74, 6) is -0.784. The summed E-state index contributed by atoms with van der Waals surface area (Å²) in [5.41, 5.74) is 1.07. The predicted molar refractivity (Wildman–Crippen MR) is 116 cm³/mol. The Labute approximate surface area is 186 Å². The normalized spacial score (nSPS) is 14.1. The first kappa shape index (κ1) is 20.8. The van der Waals surface area contributed by atoms with Crippen molar-refractivity contribution in [1.29, 1.82) is 0 Å². The lowest BCUT2D eigenvalue weighted by molar-refractivity contribution is 0.0533. The van der Waals surface area contributed by atoms with Crippen LogP contribution in [-0.4, -0.2) is 52.8 Å². The fourth-order valence-corrected chi connectivity index (χ4v) is 4.61. The highest BCUT2D eigenvalue weighted by molar-refractivity contribution is 7.13. The van der Waals surface area contributed by atoms with E-state index in [2.05, 4.69) is 4.98 Å². The number of rotatable bonds is 3. The lowest BCUT2D eigenvalue weighted by Gasteiger charge is -2.34. The second-order valence-electron chi connectivity index (χ2n) is 6.76. The zero-order valence-electron chi connectivity index (χ0n) is 15.6. The molecule has 0 radical (unpaired) electrons.